The fraction of sp³-hybridized carbons (Fsp3) is 0. The molecule has 0 spiro atoms. The predicted molar refractivity (Wildman–Crippen MR) is 88.6 cm³/mol. The smallest absolute Gasteiger partial charge is 0.255 e. The van der Waals surface area contributed by atoms with Crippen molar-refractivity contribution in [3.63, 3.8) is 0 Å². The standard InChI is InChI=1S/C17H14N2OS/c18-13-9-7-12(8-10-13)17(20)19-15-5-2-1-4-14(15)16-6-3-11-21-16/h1-11H,18H2,(H,19,20). The van der Waals surface area contributed by atoms with Gasteiger partial charge >= 0.3 is 0 Å². The van der Waals surface area contributed by atoms with Crippen molar-refractivity contribution < 1.29 is 4.79 Å². The maximum Gasteiger partial charge on any atom is 0.255 e. The van der Waals surface area contributed by atoms with Crippen molar-refractivity contribution in [2.75, 3.05) is 11.1 Å². The molecule has 0 aliphatic rings. The topological polar surface area (TPSA) is 55.1 Å². The summed E-state index contributed by atoms with van der Waals surface area (Å²) in [5.74, 6) is -0.140. The van der Waals surface area contributed by atoms with Crippen LogP contribution in [-0.2, 0) is 0 Å². The summed E-state index contributed by atoms with van der Waals surface area (Å²) in [5, 5.41) is 4.98. The van der Waals surface area contributed by atoms with E-state index in [1.165, 1.54) is 0 Å². The third-order valence-electron chi connectivity index (χ3n) is 3.13. The summed E-state index contributed by atoms with van der Waals surface area (Å²) in [6.45, 7) is 0. The Bertz CT molecular complexity index is 749. The number of nitrogens with one attached hydrogen (secondary N) is 1. The van der Waals surface area contributed by atoms with Crippen LogP contribution in [0.1, 0.15) is 10.4 Å². The predicted octanol–water partition coefficient (Wildman–Crippen LogP) is 4.25. The molecular weight excluding hydrogens is 280 g/mol. The molecule has 1 aromatic heterocycles. The molecule has 0 saturated carbocycles. The molecule has 1 amide bonds. The quantitative estimate of drug-likeness (QED) is 0.709. The molecule has 3 N–H and O–H groups in total. The summed E-state index contributed by atoms with van der Waals surface area (Å²) in [6, 6.07) is 18.7. The molecule has 0 radical (unpaired) electrons. The van der Waals surface area contributed by atoms with Gasteiger partial charge in [-0.1, -0.05) is 24.3 Å². The van der Waals surface area contributed by atoms with Crippen molar-refractivity contribution in [1.29, 1.82) is 0 Å². The van der Waals surface area contributed by atoms with Crippen LogP contribution < -0.4 is 11.1 Å². The number of hydrogen-bond donors (Lipinski definition) is 2. The fourth-order valence-corrected chi connectivity index (χ4v) is 2.83. The minimum Gasteiger partial charge on any atom is -0.399 e. The van der Waals surface area contributed by atoms with E-state index in [9.17, 15) is 4.79 Å². The van der Waals surface area contributed by atoms with Gasteiger partial charge in [0.05, 0.1) is 0 Å². The largest absolute Gasteiger partial charge is 0.399 e. The van der Waals surface area contributed by atoms with Crippen LogP contribution in [0.15, 0.2) is 66.0 Å². The molecule has 3 aromatic rings. The first-order chi connectivity index (χ1) is 10.2. The second-order valence-electron chi connectivity index (χ2n) is 4.60. The van der Waals surface area contributed by atoms with Crippen LogP contribution in [-0.4, -0.2) is 5.91 Å². The number of anilines is 2. The van der Waals surface area contributed by atoms with E-state index in [0.717, 1.165) is 16.1 Å². The van der Waals surface area contributed by atoms with Gasteiger partial charge in [-0.05, 0) is 41.8 Å². The number of hydrogen-bond acceptors (Lipinski definition) is 3. The van der Waals surface area contributed by atoms with Crippen molar-refractivity contribution >= 4 is 28.6 Å². The Kier molecular flexibility index (Phi) is 3.71. The van der Waals surface area contributed by atoms with Crippen LogP contribution in [0.3, 0.4) is 0 Å². The lowest BCUT2D eigenvalue weighted by Crippen LogP contribution is -2.12. The first-order valence-electron chi connectivity index (χ1n) is 6.54. The highest BCUT2D eigenvalue weighted by molar-refractivity contribution is 7.13. The maximum atomic E-state index is 12.3. The number of rotatable bonds is 3. The Hall–Kier alpha value is -2.59. The monoisotopic (exact) mass is 294 g/mol. The molecule has 0 bridgehead atoms. The Balaban J connectivity index is 1.88. The highest BCUT2D eigenvalue weighted by Crippen LogP contribution is 2.31. The Morgan fingerprint density at radius 1 is 0.952 bits per heavy atom. The molecule has 0 aliphatic carbocycles. The molecule has 2 aromatic carbocycles. The van der Waals surface area contributed by atoms with Crippen molar-refractivity contribution in [2.45, 2.75) is 0 Å². The SMILES string of the molecule is Nc1ccc(C(=O)Nc2ccccc2-c2cccs2)cc1. The number of para-hydroxylation sites is 1. The Morgan fingerprint density at radius 2 is 1.71 bits per heavy atom. The second kappa shape index (κ2) is 5.81. The normalized spacial score (nSPS) is 10.3. The average molecular weight is 294 g/mol. The van der Waals surface area contributed by atoms with Gasteiger partial charge in [0.15, 0.2) is 0 Å². The van der Waals surface area contributed by atoms with Gasteiger partial charge in [-0.3, -0.25) is 4.79 Å². The van der Waals surface area contributed by atoms with E-state index >= 15 is 0 Å². The number of thiophene rings is 1. The third kappa shape index (κ3) is 2.95. The van der Waals surface area contributed by atoms with E-state index in [-0.39, 0.29) is 5.91 Å². The highest BCUT2D eigenvalue weighted by Gasteiger charge is 2.10. The molecule has 21 heavy (non-hydrogen) atoms. The van der Waals surface area contributed by atoms with Gasteiger partial charge in [-0.15, -0.1) is 11.3 Å². The second-order valence-corrected chi connectivity index (χ2v) is 5.55. The summed E-state index contributed by atoms with van der Waals surface area (Å²) >= 11 is 1.65. The van der Waals surface area contributed by atoms with Crippen molar-refractivity contribution in [3.05, 3.63) is 71.6 Å². The van der Waals surface area contributed by atoms with Crippen LogP contribution in [0.2, 0.25) is 0 Å². The molecule has 0 unspecified atom stereocenters. The number of carbonyl (C=O) groups excluding carboxylic acids is 1. The number of amides is 1. The molecule has 0 aliphatic heterocycles. The average Bonchev–Trinajstić information content (AvgIpc) is 3.02. The minimum atomic E-state index is -0.140. The summed E-state index contributed by atoms with van der Waals surface area (Å²) in [7, 11) is 0. The Labute approximate surface area is 127 Å². The summed E-state index contributed by atoms with van der Waals surface area (Å²) in [6.07, 6.45) is 0. The van der Waals surface area contributed by atoms with Gasteiger partial charge in [0, 0.05) is 27.4 Å². The van der Waals surface area contributed by atoms with Crippen LogP contribution in [0.5, 0.6) is 0 Å². The van der Waals surface area contributed by atoms with E-state index in [1.54, 1.807) is 35.6 Å². The molecule has 0 fully saturated rings. The van der Waals surface area contributed by atoms with Gasteiger partial charge < -0.3 is 11.1 Å². The lowest BCUT2D eigenvalue weighted by molar-refractivity contribution is 0.102. The van der Waals surface area contributed by atoms with Crippen molar-refractivity contribution in [1.82, 2.24) is 0 Å². The van der Waals surface area contributed by atoms with Gasteiger partial charge in [0.25, 0.3) is 5.91 Å². The van der Waals surface area contributed by atoms with Gasteiger partial charge in [-0.2, -0.15) is 0 Å². The van der Waals surface area contributed by atoms with Crippen LogP contribution >= 0.6 is 11.3 Å². The zero-order valence-electron chi connectivity index (χ0n) is 11.2. The van der Waals surface area contributed by atoms with Crippen molar-refractivity contribution in [2.24, 2.45) is 0 Å². The number of nitrogen functional groups attached to an aromatic ring is 1. The molecular formula is C17H14N2OS. The number of benzene rings is 2. The minimum absolute atomic E-state index is 0.140. The molecule has 3 nitrogen and oxygen atoms in total. The summed E-state index contributed by atoms with van der Waals surface area (Å²) < 4.78 is 0. The molecule has 0 saturated heterocycles. The van der Waals surface area contributed by atoms with E-state index in [0.29, 0.717) is 11.3 Å². The van der Waals surface area contributed by atoms with E-state index < -0.39 is 0 Å². The zero-order valence-corrected chi connectivity index (χ0v) is 12.1. The van der Waals surface area contributed by atoms with Crippen LogP contribution in [0.25, 0.3) is 10.4 Å². The van der Waals surface area contributed by atoms with Crippen molar-refractivity contribution in [3.8, 4) is 10.4 Å². The van der Waals surface area contributed by atoms with Gasteiger partial charge in [0.2, 0.25) is 0 Å². The lowest BCUT2D eigenvalue weighted by Gasteiger charge is -2.10. The first kappa shape index (κ1) is 13.4. The third-order valence-corrected chi connectivity index (χ3v) is 4.04. The summed E-state index contributed by atoms with van der Waals surface area (Å²) in [4.78, 5) is 13.4. The molecule has 4 heteroatoms. The maximum absolute atomic E-state index is 12.3. The van der Waals surface area contributed by atoms with Crippen LogP contribution in [0.4, 0.5) is 11.4 Å². The number of carbonyl (C=O) groups is 1. The molecule has 104 valence electrons. The Morgan fingerprint density at radius 3 is 2.43 bits per heavy atom. The van der Waals surface area contributed by atoms with E-state index in [2.05, 4.69) is 5.32 Å². The van der Waals surface area contributed by atoms with Crippen LogP contribution in [0, 0.1) is 0 Å². The van der Waals surface area contributed by atoms with E-state index in [4.69, 9.17) is 5.73 Å². The van der Waals surface area contributed by atoms with Gasteiger partial charge in [0.1, 0.15) is 0 Å². The molecule has 0 atom stereocenters. The molecule has 3 rings (SSSR count). The number of nitrogens with two attached hydrogens (primary N) is 1. The molecule has 1 heterocycles. The zero-order chi connectivity index (χ0) is 14.7. The fourth-order valence-electron chi connectivity index (χ4n) is 2.07. The highest BCUT2D eigenvalue weighted by atomic mass is 32.1. The summed E-state index contributed by atoms with van der Waals surface area (Å²) in [5.41, 5.74) is 8.70. The lowest BCUT2D eigenvalue weighted by atomic mass is 10.1. The first-order valence-corrected chi connectivity index (χ1v) is 7.42. The van der Waals surface area contributed by atoms with Gasteiger partial charge in [-0.25, -0.2) is 0 Å². The van der Waals surface area contributed by atoms with E-state index in [1.807, 2.05) is 41.8 Å².